The van der Waals surface area contributed by atoms with Gasteiger partial charge < -0.3 is 5.11 Å². The van der Waals surface area contributed by atoms with E-state index in [1.165, 1.54) is 22.7 Å². The maximum Gasteiger partial charge on any atom is 0.345 e. The van der Waals surface area contributed by atoms with Gasteiger partial charge in [0.1, 0.15) is 4.88 Å². The van der Waals surface area contributed by atoms with Crippen LogP contribution >= 0.6 is 23.1 Å². The van der Waals surface area contributed by atoms with Gasteiger partial charge in [-0.15, -0.1) is 23.1 Å². The van der Waals surface area contributed by atoms with Crippen LogP contribution in [0.5, 0.6) is 0 Å². The molecule has 0 spiro atoms. The Hall–Kier alpha value is -1.34. The number of aromatic carboxylic acids is 1. The van der Waals surface area contributed by atoms with Crippen molar-refractivity contribution < 1.29 is 19.5 Å². The molecular formula is C11H11NO4S2. The molecule has 1 aromatic heterocycles. The quantitative estimate of drug-likeness (QED) is 0.852. The highest BCUT2D eigenvalue weighted by atomic mass is 32.2. The summed E-state index contributed by atoms with van der Waals surface area (Å²) in [6.45, 7) is 2.15. The zero-order valence-electron chi connectivity index (χ0n) is 9.58. The largest absolute Gasteiger partial charge is 0.477 e. The summed E-state index contributed by atoms with van der Waals surface area (Å²) in [6, 6.07) is 1.53. The first-order valence-corrected chi connectivity index (χ1v) is 7.11. The molecule has 0 saturated carbocycles. The van der Waals surface area contributed by atoms with Gasteiger partial charge in [0.15, 0.2) is 0 Å². The van der Waals surface area contributed by atoms with Crippen LogP contribution in [0.25, 0.3) is 0 Å². The van der Waals surface area contributed by atoms with Crippen LogP contribution in [0.3, 0.4) is 0 Å². The van der Waals surface area contributed by atoms with E-state index < -0.39 is 11.2 Å². The third-order valence-corrected chi connectivity index (χ3v) is 4.81. The first-order chi connectivity index (χ1) is 8.52. The van der Waals surface area contributed by atoms with Gasteiger partial charge in [-0.2, -0.15) is 0 Å². The second-order valence-electron chi connectivity index (χ2n) is 3.74. The van der Waals surface area contributed by atoms with E-state index in [-0.39, 0.29) is 23.1 Å². The summed E-state index contributed by atoms with van der Waals surface area (Å²) in [4.78, 5) is 36.3. The van der Waals surface area contributed by atoms with E-state index in [9.17, 15) is 14.4 Å². The lowest BCUT2D eigenvalue weighted by atomic mass is 10.4. The molecule has 2 amide bonds. The van der Waals surface area contributed by atoms with Gasteiger partial charge in [0.2, 0.25) is 11.8 Å². The van der Waals surface area contributed by atoms with E-state index >= 15 is 0 Å². The Kier molecular flexibility index (Phi) is 3.72. The van der Waals surface area contributed by atoms with E-state index in [4.69, 9.17) is 5.11 Å². The highest BCUT2D eigenvalue weighted by molar-refractivity contribution is 8.00. The van der Waals surface area contributed by atoms with Gasteiger partial charge >= 0.3 is 5.97 Å². The number of likely N-dealkylation sites (tertiary alicyclic amines) is 1. The monoisotopic (exact) mass is 285 g/mol. The summed E-state index contributed by atoms with van der Waals surface area (Å²) in [5, 5.41) is 10.1. The lowest BCUT2D eigenvalue weighted by Gasteiger charge is -2.10. The Morgan fingerprint density at radius 3 is 2.83 bits per heavy atom. The SMILES string of the molecule is CCN1C(=O)CC(Sc2csc(C(=O)O)c2)C1=O. The molecule has 1 saturated heterocycles. The molecule has 96 valence electrons. The first kappa shape index (κ1) is 13.1. The Morgan fingerprint density at radius 2 is 2.33 bits per heavy atom. The van der Waals surface area contributed by atoms with Crippen molar-refractivity contribution in [3.8, 4) is 0 Å². The van der Waals surface area contributed by atoms with Crippen molar-refractivity contribution in [2.75, 3.05) is 6.54 Å². The molecule has 2 rings (SSSR count). The third-order valence-electron chi connectivity index (χ3n) is 2.58. The molecule has 18 heavy (non-hydrogen) atoms. The number of hydrogen-bond donors (Lipinski definition) is 1. The fourth-order valence-corrected chi connectivity index (χ4v) is 3.75. The summed E-state index contributed by atoms with van der Waals surface area (Å²) >= 11 is 2.37. The number of imide groups is 1. The van der Waals surface area contributed by atoms with Crippen molar-refractivity contribution in [3.05, 3.63) is 16.3 Å². The number of rotatable bonds is 4. The molecule has 1 aliphatic rings. The van der Waals surface area contributed by atoms with Crippen molar-refractivity contribution in [1.82, 2.24) is 4.90 Å². The van der Waals surface area contributed by atoms with Crippen molar-refractivity contribution in [1.29, 1.82) is 0 Å². The normalized spacial score (nSPS) is 19.6. The minimum absolute atomic E-state index is 0.159. The fraction of sp³-hybridized carbons (Fsp3) is 0.364. The second kappa shape index (κ2) is 5.11. The van der Waals surface area contributed by atoms with E-state index in [2.05, 4.69) is 0 Å². The van der Waals surface area contributed by atoms with Gasteiger partial charge in [-0.25, -0.2) is 4.79 Å². The predicted octanol–water partition coefficient (Wildman–Crippen LogP) is 1.69. The molecule has 1 atom stereocenters. The standard InChI is InChI=1S/C11H11NO4S2/c1-2-12-9(13)4-7(10(12)14)18-6-3-8(11(15)16)17-5-6/h3,5,7H,2,4H2,1H3,(H,15,16). The van der Waals surface area contributed by atoms with Gasteiger partial charge in [-0.1, -0.05) is 0 Å². The summed E-state index contributed by atoms with van der Waals surface area (Å²) in [5.41, 5.74) is 0. The zero-order valence-corrected chi connectivity index (χ0v) is 11.2. The summed E-state index contributed by atoms with van der Waals surface area (Å²) in [5.74, 6) is -1.32. The van der Waals surface area contributed by atoms with E-state index in [1.54, 1.807) is 12.3 Å². The number of thiophene rings is 1. The summed E-state index contributed by atoms with van der Waals surface area (Å²) in [7, 11) is 0. The van der Waals surface area contributed by atoms with Crippen molar-refractivity contribution in [3.63, 3.8) is 0 Å². The molecule has 1 aliphatic heterocycles. The Labute approximate surface area is 112 Å². The Morgan fingerprint density at radius 1 is 1.61 bits per heavy atom. The van der Waals surface area contributed by atoms with E-state index in [0.29, 0.717) is 6.54 Å². The fourth-order valence-electron chi connectivity index (χ4n) is 1.73. The van der Waals surface area contributed by atoms with Gasteiger partial charge in [-0.05, 0) is 13.0 Å². The number of thioether (sulfide) groups is 1. The highest BCUT2D eigenvalue weighted by Gasteiger charge is 2.38. The number of carbonyl (C=O) groups excluding carboxylic acids is 2. The van der Waals surface area contributed by atoms with Crippen LogP contribution in [0.1, 0.15) is 23.0 Å². The zero-order chi connectivity index (χ0) is 13.3. The smallest absolute Gasteiger partial charge is 0.345 e. The van der Waals surface area contributed by atoms with Gasteiger partial charge in [-0.3, -0.25) is 14.5 Å². The topological polar surface area (TPSA) is 74.7 Å². The number of carbonyl (C=O) groups is 3. The molecule has 1 N–H and O–H groups in total. The molecule has 2 heterocycles. The predicted molar refractivity (Wildman–Crippen MR) is 67.9 cm³/mol. The number of amides is 2. The highest BCUT2D eigenvalue weighted by Crippen LogP contribution is 2.33. The average molecular weight is 285 g/mol. The van der Waals surface area contributed by atoms with Crippen LogP contribution < -0.4 is 0 Å². The molecule has 0 radical (unpaired) electrons. The molecule has 0 aliphatic carbocycles. The van der Waals surface area contributed by atoms with Crippen molar-refractivity contribution in [2.45, 2.75) is 23.5 Å². The van der Waals surface area contributed by atoms with Crippen LogP contribution in [0.15, 0.2) is 16.3 Å². The number of carboxylic acid groups (broad SMARTS) is 1. The second-order valence-corrected chi connectivity index (χ2v) is 5.93. The minimum atomic E-state index is -0.976. The summed E-state index contributed by atoms with van der Waals surface area (Å²) < 4.78 is 0. The van der Waals surface area contributed by atoms with E-state index in [0.717, 1.165) is 16.2 Å². The number of nitrogens with zero attached hydrogens (tertiary/aromatic N) is 1. The number of hydrogen-bond acceptors (Lipinski definition) is 5. The van der Waals surface area contributed by atoms with Gasteiger partial charge in [0.25, 0.3) is 0 Å². The minimum Gasteiger partial charge on any atom is -0.477 e. The van der Waals surface area contributed by atoms with Crippen LogP contribution in [0, 0.1) is 0 Å². The lowest BCUT2D eigenvalue weighted by Crippen LogP contribution is -2.30. The van der Waals surface area contributed by atoms with Crippen molar-refractivity contribution >= 4 is 40.9 Å². The van der Waals surface area contributed by atoms with Crippen molar-refractivity contribution in [2.24, 2.45) is 0 Å². The average Bonchev–Trinajstić information content (AvgIpc) is 2.86. The lowest BCUT2D eigenvalue weighted by molar-refractivity contribution is -0.137. The third kappa shape index (κ3) is 2.41. The molecule has 0 bridgehead atoms. The Balaban J connectivity index is 2.08. The van der Waals surface area contributed by atoms with Crippen LogP contribution in [-0.2, 0) is 9.59 Å². The molecule has 1 unspecified atom stereocenters. The number of carboxylic acids is 1. The molecule has 1 aromatic rings. The molecular weight excluding hydrogens is 274 g/mol. The first-order valence-electron chi connectivity index (χ1n) is 5.35. The molecule has 7 heteroatoms. The molecule has 0 aromatic carbocycles. The molecule has 1 fully saturated rings. The van der Waals surface area contributed by atoms with Crippen LogP contribution in [-0.4, -0.2) is 39.6 Å². The van der Waals surface area contributed by atoms with E-state index in [1.807, 2.05) is 0 Å². The molecule has 5 nitrogen and oxygen atoms in total. The Bertz CT molecular complexity index is 511. The van der Waals surface area contributed by atoms with Gasteiger partial charge in [0, 0.05) is 23.2 Å². The maximum atomic E-state index is 11.9. The summed E-state index contributed by atoms with van der Waals surface area (Å²) in [6.07, 6.45) is 0.190. The maximum absolute atomic E-state index is 11.9. The van der Waals surface area contributed by atoms with Gasteiger partial charge in [0.05, 0.1) is 5.25 Å². The van der Waals surface area contributed by atoms with Crippen LogP contribution in [0.2, 0.25) is 0 Å². The van der Waals surface area contributed by atoms with Crippen LogP contribution in [0.4, 0.5) is 0 Å².